The zero-order valence-corrected chi connectivity index (χ0v) is 14.4. The zero-order valence-electron chi connectivity index (χ0n) is 13.6. The molecule has 1 aromatic carbocycles. The largest absolute Gasteiger partial charge is 0.441 e. The van der Waals surface area contributed by atoms with Crippen LogP contribution in [0, 0.1) is 0 Å². The maximum absolute atomic E-state index is 11.8. The highest BCUT2D eigenvalue weighted by atomic mass is 35.5. The van der Waals surface area contributed by atoms with E-state index in [1.807, 2.05) is 12.1 Å². The maximum Gasteiger partial charge on any atom is 0.271 e. The molecule has 3 rings (SSSR count). The Morgan fingerprint density at radius 1 is 1.08 bits per heavy atom. The van der Waals surface area contributed by atoms with E-state index < -0.39 is 5.91 Å². The van der Waals surface area contributed by atoms with E-state index in [2.05, 4.69) is 20.8 Å². The summed E-state index contributed by atoms with van der Waals surface area (Å²) in [6.07, 6.45) is 4.99. The van der Waals surface area contributed by atoms with Crippen LogP contribution in [0.25, 0.3) is 11.3 Å². The first-order chi connectivity index (χ1) is 12.6. The summed E-state index contributed by atoms with van der Waals surface area (Å²) in [7, 11) is 0. The number of aryl methyl sites for hydroxylation is 1. The van der Waals surface area contributed by atoms with Crippen LogP contribution in [-0.2, 0) is 11.2 Å². The van der Waals surface area contributed by atoms with Crippen LogP contribution in [0.15, 0.2) is 59.4 Å². The number of carbonyl (C=O) groups is 2. The fraction of sp³-hybridized carbons (Fsp3) is 0.111. The Morgan fingerprint density at radius 2 is 1.88 bits per heavy atom. The van der Waals surface area contributed by atoms with Crippen LogP contribution >= 0.6 is 11.6 Å². The van der Waals surface area contributed by atoms with Gasteiger partial charge in [-0.2, -0.15) is 0 Å². The molecule has 132 valence electrons. The van der Waals surface area contributed by atoms with E-state index in [1.165, 1.54) is 6.20 Å². The molecule has 8 heteroatoms. The minimum atomic E-state index is -0.437. The Bertz CT molecular complexity index is 894. The molecule has 0 fully saturated rings. The highest BCUT2D eigenvalue weighted by Crippen LogP contribution is 2.22. The van der Waals surface area contributed by atoms with E-state index >= 15 is 0 Å². The van der Waals surface area contributed by atoms with Gasteiger partial charge in [0.15, 0.2) is 11.7 Å². The average Bonchev–Trinajstić information content (AvgIpc) is 3.14. The normalized spacial score (nSPS) is 10.3. The second-order valence-electron chi connectivity index (χ2n) is 5.37. The molecule has 0 saturated heterocycles. The van der Waals surface area contributed by atoms with Gasteiger partial charge in [-0.15, -0.1) is 0 Å². The summed E-state index contributed by atoms with van der Waals surface area (Å²) >= 11 is 5.86. The molecule has 7 nitrogen and oxygen atoms in total. The number of aromatic nitrogens is 2. The SMILES string of the molecule is O=C(CCc1ncc(-c2ccc(Cl)cc2)o1)NNC(=O)c1cccnc1. The van der Waals surface area contributed by atoms with Gasteiger partial charge in [-0.1, -0.05) is 11.6 Å². The predicted octanol–water partition coefficient (Wildman–Crippen LogP) is 2.78. The molecule has 2 N–H and O–H groups in total. The summed E-state index contributed by atoms with van der Waals surface area (Å²) in [4.78, 5) is 31.6. The van der Waals surface area contributed by atoms with E-state index in [1.54, 1.807) is 36.7 Å². The number of nitrogens with one attached hydrogen (secondary N) is 2. The third kappa shape index (κ3) is 4.67. The smallest absolute Gasteiger partial charge is 0.271 e. The molecule has 3 aromatic rings. The molecule has 0 aliphatic heterocycles. The number of pyridine rings is 1. The van der Waals surface area contributed by atoms with Crippen molar-refractivity contribution in [2.45, 2.75) is 12.8 Å². The van der Waals surface area contributed by atoms with Crippen molar-refractivity contribution >= 4 is 23.4 Å². The highest BCUT2D eigenvalue weighted by Gasteiger charge is 2.10. The van der Waals surface area contributed by atoms with E-state index in [0.717, 1.165) is 5.56 Å². The van der Waals surface area contributed by atoms with E-state index in [4.69, 9.17) is 16.0 Å². The van der Waals surface area contributed by atoms with E-state index in [0.29, 0.717) is 28.7 Å². The lowest BCUT2D eigenvalue weighted by Gasteiger charge is -2.06. The van der Waals surface area contributed by atoms with Gasteiger partial charge in [0.05, 0.1) is 11.8 Å². The van der Waals surface area contributed by atoms with E-state index in [9.17, 15) is 9.59 Å². The number of hydrazine groups is 1. The zero-order chi connectivity index (χ0) is 18.4. The second-order valence-corrected chi connectivity index (χ2v) is 5.81. The summed E-state index contributed by atoms with van der Waals surface area (Å²) in [5.74, 6) is 0.242. The lowest BCUT2D eigenvalue weighted by atomic mass is 10.2. The summed E-state index contributed by atoms with van der Waals surface area (Å²) in [6, 6.07) is 10.4. The minimum absolute atomic E-state index is 0.119. The molecule has 0 bridgehead atoms. The number of rotatable bonds is 5. The topological polar surface area (TPSA) is 97.1 Å². The van der Waals surface area contributed by atoms with Crippen molar-refractivity contribution in [2.75, 3.05) is 0 Å². The number of amides is 2. The predicted molar refractivity (Wildman–Crippen MR) is 95.1 cm³/mol. The van der Waals surface area contributed by atoms with E-state index in [-0.39, 0.29) is 12.3 Å². The molecule has 0 aliphatic carbocycles. The van der Waals surface area contributed by atoms with Crippen LogP contribution in [-0.4, -0.2) is 21.8 Å². The number of nitrogens with zero attached hydrogens (tertiary/aromatic N) is 2. The summed E-state index contributed by atoms with van der Waals surface area (Å²) in [6.45, 7) is 0. The second kappa shape index (κ2) is 8.26. The highest BCUT2D eigenvalue weighted by molar-refractivity contribution is 6.30. The Hall–Kier alpha value is -3.19. The quantitative estimate of drug-likeness (QED) is 0.673. The van der Waals surface area contributed by atoms with Crippen LogP contribution in [0.4, 0.5) is 0 Å². The van der Waals surface area contributed by atoms with Gasteiger partial charge in [-0.3, -0.25) is 25.4 Å². The molecule has 2 heterocycles. The number of oxazole rings is 1. The maximum atomic E-state index is 11.8. The Labute approximate surface area is 154 Å². The average molecular weight is 371 g/mol. The molecule has 0 atom stereocenters. The van der Waals surface area contributed by atoms with Crippen molar-refractivity contribution in [3.05, 3.63) is 71.5 Å². The molecule has 0 aliphatic rings. The van der Waals surface area contributed by atoms with Crippen molar-refractivity contribution in [1.82, 2.24) is 20.8 Å². The third-order valence-corrected chi connectivity index (χ3v) is 3.74. The van der Waals surface area contributed by atoms with Crippen molar-refractivity contribution in [2.24, 2.45) is 0 Å². The van der Waals surface area contributed by atoms with Crippen molar-refractivity contribution in [3.8, 4) is 11.3 Å². The molecular formula is C18H15ClN4O3. The molecule has 26 heavy (non-hydrogen) atoms. The number of hydrogen-bond acceptors (Lipinski definition) is 5. The van der Waals surface area contributed by atoms with Gasteiger partial charge in [0, 0.05) is 35.8 Å². The van der Waals surface area contributed by atoms with Gasteiger partial charge in [-0.05, 0) is 36.4 Å². The van der Waals surface area contributed by atoms with Crippen molar-refractivity contribution in [3.63, 3.8) is 0 Å². The Kier molecular flexibility index (Phi) is 5.60. The van der Waals surface area contributed by atoms with Gasteiger partial charge in [0.25, 0.3) is 5.91 Å². The van der Waals surface area contributed by atoms with Crippen LogP contribution < -0.4 is 10.9 Å². The monoisotopic (exact) mass is 370 g/mol. The van der Waals surface area contributed by atoms with Crippen LogP contribution in [0.3, 0.4) is 0 Å². The number of benzene rings is 1. The molecule has 0 saturated carbocycles. The van der Waals surface area contributed by atoms with Crippen LogP contribution in [0.5, 0.6) is 0 Å². The third-order valence-electron chi connectivity index (χ3n) is 3.49. The van der Waals surface area contributed by atoms with Gasteiger partial charge < -0.3 is 4.42 Å². The van der Waals surface area contributed by atoms with Gasteiger partial charge in [0.1, 0.15) is 0 Å². The fourth-order valence-electron chi connectivity index (χ4n) is 2.15. The fourth-order valence-corrected chi connectivity index (χ4v) is 2.28. The van der Waals surface area contributed by atoms with Crippen molar-refractivity contribution in [1.29, 1.82) is 0 Å². The van der Waals surface area contributed by atoms with Gasteiger partial charge >= 0.3 is 0 Å². The molecule has 0 radical (unpaired) electrons. The lowest BCUT2D eigenvalue weighted by Crippen LogP contribution is -2.41. The first-order valence-corrected chi connectivity index (χ1v) is 8.19. The van der Waals surface area contributed by atoms with Crippen molar-refractivity contribution < 1.29 is 14.0 Å². The minimum Gasteiger partial charge on any atom is -0.441 e. The molecular weight excluding hydrogens is 356 g/mol. The van der Waals surface area contributed by atoms with Gasteiger partial charge in [-0.25, -0.2) is 4.98 Å². The molecule has 0 unspecified atom stereocenters. The first-order valence-electron chi connectivity index (χ1n) is 7.81. The van der Waals surface area contributed by atoms with Gasteiger partial charge in [0.2, 0.25) is 5.91 Å². The molecule has 0 spiro atoms. The summed E-state index contributed by atoms with van der Waals surface area (Å²) in [5.41, 5.74) is 5.88. The first kappa shape index (κ1) is 17.6. The summed E-state index contributed by atoms with van der Waals surface area (Å²) in [5, 5.41) is 0.637. The number of hydrogen-bond donors (Lipinski definition) is 2. The number of halogens is 1. The molecule has 2 aromatic heterocycles. The van der Waals surface area contributed by atoms with Crippen LogP contribution in [0.2, 0.25) is 5.02 Å². The lowest BCUT2D eigenvalue weighted by molar-refractivity contribution is -0.121. The van der Waals surface area contributed by atoms with Crippen LogP contribution in [0.1, 0.15) is 22.7 Å². The number of carbonyl (C=O) groups excluding carboxylic acids is 2. The molecule has 2 amide bonds. The Balaban J connectivity index is 1.47. The summed E-state index contributed by atoms with van der Waals surface area (Å²) < 4.78 is 5.63. The Morgan fingerprint density at radius 3 is 2.62 bits per heavy atom. The standard InChI is InChI=1S/C18H15ClN4O3/c19-14-5-3-12(4-6-14)15-11-21-17(26-15)8-7-16(24)22-23-18(25)13-2-1-9-20-10-13/h1-6,9-11H,7-8H2,(H,22,24)(H,23,25).